The number of amides is 1. The van der Waals surface area contributed by atoms with Gasteiger partial charge in [0.15, 0.2) is 11.5 Å². The van der Waals surface area contributed by atoms with E-state index >= 15 is 0 Å². The first-order chi connectivity index (χ1) is 14.8. The van der Waals surface area contributed by atoms with Crippen LogP contribution in [0.5, 0.6) is 11.5 Å². The molecular weight excluding hydrogens is 425 g/mol. The van der Waals surface area contributed by atoms with E-state index in [0.717, 1.165) is 12.3 Å². The predicted octanol–water partition coefficient (Wildman–Crippen LogP) is 2.71. The summed E-state index contributed by atoms with van der Waals surface area (Å²) in [6.07, 6.45) is 3.87. The number of ether oxygens (including phenoxy) is 2. The lowest BCUT2D eigenvalue weighted by Gasteiger charge is -2.21. The van der Waals surface area contributed by atoms with Crippen LogP contribution in [0.3, 0.4) is 0 Å². The van der Waals surface area contributed by atoms with Crippen molar-refractivity contribution in [2.75, 3.05) is 30.3 Å². The average Bonchev–Trinajstić information content (AvgIpc) is 2.71. The van der Waals surface area contributed by atoms with Gasteiger partial charge in [-0.2, -0.15) is 5.10 Å². The van der Waals surface area contributed by atoms with E-state index in [4.69, 9.17) is 9.47 Å². The first kappa shape index (κ1) is 23.9. The second kappa shape index (κ2) is 11.1. The number of halogens is 1. The molecule has 8 nitrogen and oxygen atoms in total. The van der Waals surface area contributed by atoms with Crippen molar-refractivity contribution in [3.05, 3.63) is 66.5 Å². The minimum Gasteiger partial charge on any atom is -0.490 e. The zero-order valence-electron chi connectivity index (χ0n) is 17.2. The Morgan fingerprint density at radius 3 is 2.61 bits per heavy atom. The Labute approximate surface area is 181 Å². The molecule has 1 N–H and O–H groups in total. The van der Waals surface area contributed by atoms with Gasteiger partial charge in [0.25, 0.3) is 5.91 Å². The van der Waals surface area contributed by atoms with Crippen molar-refractivity contribution < 1.29 is 27.1 Å². The van der Waals surface area contributed by atoms with Gasteiger partial charge in [-0.25, -0.2) is 18.2 Å². The summed E-state index contributed by atoms with van der Waals surface area (Å²) in [5, 5.41) is 3.83. The fraction of sp³-hybridized carbons (Fsp3) is 0.238. The van der Waals surface area contributed by atoms with Gasteiger partial charge in [-0.15, -0.1) is 0 Å². The highest BCUT2D eigenvalue weighted by Gasteiger charge is 2.23. The summed E-state index contributed by atoms with van der Waals surface area (Å²) in [6.45, 7) is 5.55. The molecule has 0 bridgehead atoms. The third-order valence-electron chi connectivity index (χ3n) is 3.84. The molecule has 0 saturated carbocycles. The van der Waals surface area contributed by atoms with Crippen LogP contribution in [0.1, 0.15) is 12.5 Å². The van der Waals surface area contributed by atoms with Gasteiger partial charge in [0, 0.05) is 0 Å². The number of hydrogen-bond acceptors (Lipinski definition) is 6. The number of rotatable bonds is 11. The second-order valence-corrected chi connectivity index (χ2v) is 8.16. The second-order valence-electron chi connectivity index (χ2n) is 6.25. The van der Waals surface area contributed by atoms with Crippen molar-refractivity contribution in [1.29, 1.82) is 0 Å². The lowest BCUT2D eigenvalue weighted by Crippen LogP contribution is -2.39. The van der Waals surface area contributed by atoms with E-state index in [1.807, 2.05) is 6.92 Å². The van der Waals surface area contributed by atoms with Crippen molar-refractivity contribution in [2.24, 2.45) is 5.10 Å². The number of hydrazone groups is 1. The fourth-order valence-electron chi connectivity index (χ4n) is 2.52. The number of anilines is 1. The number of hydrogen-bond donors (Lipinski definition) is 1. The molecule has 0 atom stereocenters. The van der Waals surface area contributed by atoms with Crippen LogP contribution in [0.25, 0.3) is 0 Å². The standard InChI is InChI=1S/C21H24FN3O5S/c1-4-12-30-19-11-10-16(13-20(19)29-5-2)14-23-24-21(26)15-25(31(3,27)28)18-9-7-6-8-17(18)22/h4,6-11,13-14H,1,5,12,15H2,2-3H3,(H,24,26)/b23-14-. The van der Waals surface area contributed by atoms with Gasteiger partial charge in [0.05, 0.1) is 24.8 Å². The number of carbonyl (C=O) groups excluding carboxylic acids is 1. The van der Waals surface area contributed by atoms with E-state index in [1.165, 1.54) is 24.4 Å². The minimum absolute atomic E-state index is 0.222. The number of nitrogens with one attached hydrogen (secondary N) is 1. The van der Waals surface area contributed by atoms with Crippen LogP contribution in [0, 0.1) is 5.82 Å². The van der Waals surface area contributed by atoms with Gasteiger partial charge in [0.2, 0.25) is 10.0 Å². The Hall–Kier alpha value is -3.40. The molecule has 0 aliphatic heterocycles. The number of nitrogens with zero attached hydrogens (tertiary/aromatic N) is 2. The molecule has 2 rings (SSSR count). The Bertz CT molecular complexity index is 1060. The SMILES string of the molecule is C=CCOc1ccc(/C=N\NC(=O)CN(c2ccccc2F)S(C)(=O)=O)cc1OCC. The van der Waals surface area contributed by atoms with Crippen molar-refractivity contribution >= 4 is 27.8 Å². The van der Waals surface area contributed by atoms with E-state index < -0.39 is 28.3 Å². The molecule has 0 unspecified atom stereocenters. The summed E-state index contributed by atoms with van der Waals surface area (Å²) in [5.41, 5.74) is 2.63. The Morgan fingerprint density at radius 2 is 1.97 bits per heavy atom. The quantitative estimate of drug-likeness (QED) is 0.323. The van der Waals surface area contributed by atoms with E-state index in [1.54, 1.807) is 24.3 Å². The summed E-state index contributed by atoms with van der Waals surface area (Å²) in [5.74, 6) is -0.452. The molecule has 0 aliphatic carbocycles. The van der Waals surface area contributed by atoms with Gasteiger partial charge in [-0.1, -0.05) is 24.8 Å². The van der Waals surface area contributed by atoms with E-state index in [2.05, 4.69) is 17.1 Å². The summed E-state index contributed by atoms with van der Waals surface area (Å²) in [4.78, 5) is 12.2. The average molecular weight is 450 g/mol. The molecule has 0 aromatic heterocycles. The maximum Gasteiger partial charge on any atom is 0.260 e. The summed E-state index contributed by atoms with van der Waals surface area (Å²) >= 11 is 0. The normalized spacial score (nSPS) is 11.2. The minimum atomic E-state index is -3.89. The highest BCUT2D eigenvalue weighted by atomic mass is 32.2. The van der Waals surface area contributed by atoms with Crippen LogP contribution in [-0.2, 0) is 14.8 Å². The lowest BCUT2D eigenvalue weighted by atomic mass is 10.2. The molecule has 10 heteroatoms. The van der Waals surface area contributed by atoms with Crippen LogP contribution >= 0.6 is 0 Å². The van der Waals surface area contributed by atoms with E-state index in [0.29, 0.717) is 34.6 Å². The topological polar surface area (TPSA) is 97.3 Å². The molecule has 0 spiro atoms. The number of carbonyl (C=O) groups is 1. The zero-order chi connectivity index (χ0) is 22.9. The maximum atomic E-state index is 14.0. The fourth-order valence-corrected chi connectivity index (χ4v) is 3.38. The summed E-state index contributed by atoms with van der Waals surface area (Å²) < 4.78 is 49.8. The van der Waals surface area contributed by atoms with Crippen LogP contribution in [0.4, 0.5) is 10.1 Å². The lowest BCUT2D eigenvalue weighted by molar-refractivity contribution is -0.119. The third-order valence-corrected chi connectivity index (χ3v) is 4.96. The number of sulfonamides is 1. The molecule has 0 fully saturated rings. The highest BCUT2D eigenvalue weighted by molar-refractivity contribution is 7.92. The molecule has 2 aromatic carbocycles. The summed E-state index contributed by atoms with van der Waals surface area (Å²) in [6, 6.07) is 10.4. The Morgan fingerprint density at radius 1 is 1.23 bits per heavy atom. The van der Waals surface area contributed by atoms with Crippen molar-refractivity contribution in [3.63, 3.8) is 0 Å². The first-order valence-electron chi connectivity index (χ1n) is 9.31. The molecule has 0 aliphatic rings. The molecule has 0 heterocycles. The third kappa shape index (κ3) is 7.10. The molecule has 0 saturated heterocycles. The van der Waals surface area contributed by atoms with E-state index in [-0.39, 0.29) is 5.69 Å². The van der Waals surface area contributed by atoms with Crippen LogP contribution in [0.2, 0.25) is 0 Å². The molecular formula is C21H24FN3O5S. The van der Waals surface area contributed by atoms with Gasteiger partial charge in [-0.05, 0) is 42.8 Å². The Balaban J connectivity index is 2.09. The smallest absolute Gasteiger partial charge is 0.260 e. The van der Waals surface area contributed by atoms with Gasteiger partial charge in [-0.3, -0.25) is 9.10 Å². The first-order valence-corrected chi connectivity index (χ1v) is 11.2. The van der Waals surface area contributed by atoms with Gasteiger partial charge in [0.1, 0.15) is 19.0 Å². The van der Waals surface area contributed by atoms with Gasteiger partial charge < -0.3 is 9.47 Å². The molecule has 2 aromatic rings. The zero-order valence-corrected chi connectivity index (χ0v) is 18.1. The number of para-hydroxylation sites is 1. The number of benzene rings is 2. The molecule has 166 valence electrons. The van der Waals surface area contributed by atoms with Crippen molar-refractivity contribution in [2.45, 2.75) is 6.92 Å². The monoisotopic (exact) mass is 449 g/mol. The Kier molecular flexibility index (Phi) is 8.56. The largest absolute Gasteiger partial charge is 0.490 e. The van der Waals surface area contributed by atoms with Crippen LogP contribution in [0.15, 0.2) is 60.2 Å². The summed E-state index contributed by atoms with van der Waals surface area (Å²) in [7, 11) is -3.89. The van der Waals surface area contributed by atoms with Crippen molar-refractivity contribution in [3.8, 4) is 11.5 Å². The predicted molar refractivity (Wildman–Crippen MR) is 118 cm³/mol. The molecule has 0 radical (unpaired) electrons. The van der Waals surface area contributed by atoms with Crippen molar-refractivity contribution in [1.82, 2.24) is 5.43 Å². The molecule has 31 heavy (non-hydrogen) atoms. The maximum absolute atomic E-state index is 14.0. The van der Waals surface area contributed by atoms with Crippen LogP contribution in [-0.4, -0.2) is 46.6 Å². The molecule has 1 amide bonds. The van der Waals surface area contributed by atoms with Crippen LogP contribution < -0.4 is 19.2 Å². The van der Waals surface area contributed by atoms with Gasteiger partial charge >= 0.3 is 0 Å². The highest BCUT2D eigenvalue weighted by Crippen LogP contribution is 2.28. The van der Waals surface area contributed by atoms with E-state index in [9.17, 15) is 17.6 Å².